The molecular formula is C24H21ClN4O6. The maximum Gasteiger partial charge on any atom is 0.278 e. The molecule has 0 aliphatic carbocycles. The number of nitrogens with one attached hydrogen (secondary N) is 3. The van der Waals surface area contributed by atoms with E-state index in [1.54, 1.807) is 42.5 Å². The van der Waals surface area contributed by atoms with E-state index < -0.39 is 29.7 Å². The highest BCUT2D eigenvalue weighted by molar-refractivity contribution is 6.31. The van der Waals surface area contributed by atoms with Crippen molar-refractivity contribution in [2.24, 2.45) is 0 Å². The highest BCUT2D eigenvalue weighted by Crippen LogP contribution is 2.25. The van der Waals surface area contributed by atoms with Crippen LogP contribution in [-0.2, 0) is 24.0 Å². The van der Waals surface area contributed by atoms with Gasteiger partial charge in [-0.25, -0.2) is 0 Å². The Morgan fingerprint density at radius 3 is 2.69 bits per heavy atom. The van der Waals surface area contributed by atoms with Crippen molar-refractivity contribution < 1.29 is 28.7 Å². The van der Waals surface area contributed by atoms with Gasteiger partial charge in [-0.2, -0.15) is 0 Å². The van der Waals surface area contributed by atoms with Gasteiger partial charge < -0.3 is 15.4 Å². The molecule has 1 atom stereocenters. The largest absolute Gasteiger partial charge is 0.484 e. The Labute approximate surface area is 205 Å². The molecule has 2 heterocycles. The SMILES string of the molecule is Cc1ccc(NC(=O)COc2cccc(NC3=CC(=O)N(C4CCC(=O)NC4=O)C3=O)c2)cc1Cl. The number of piperidine rings is 1. The summed E-state index contributed by atoms with van der Waals surface area (Å²) < 4.78 is 5.54. The van der Waals surface area contributed by atoms with Crippen molar-refractivity contribution in [2.45, 2.75) is 25.8 Å². The molecular weight excluding hydrogens is 476 g/mol. The number of carbonyl (C=O) groups excluding carboxylic acids is 5. The first-order valence-electron chi connectivity index (χ1n) is 10.7. The van der Waals surface area contributed by atoms with Gasteiger partial charge >= 0.3 is 0 Å². The number of aryl methyl sites for hydroxylation is 1. The summed E-state index contributed by atoms with van der Waals surface area (Å²) in [4.78, 5) is 61.7. The third kappa shape index (κ3) is 5.49. The summed E-state index contributed by atoms with van der Waals surface area (Å²) in [6, 6.07) is 10.6. The molecule has 180 valence electrons. The summed E-state index contributed by atoms with van der Waals surface area (Å²) in [7, 11) is 0. The molecule has 2 aromatic rings. The average molecular weight is 497 g/mol. The number of anilines is 2. The minimum atomic E-state index is -1.04. The van der Waals surface area contributed by atoms with Crippen LogP contribution in [0, 0.1) is 6.92 Å². The Hall–Kier alpha value is -4.18. The zero-order valence-electron chi connectivity index (χ0n) is 18.6. The summed E-state index contributed by atoms with van der Waals surface area (Å²) >= 11 is 6.07. The highest BCUT2D eigenvalue weighted by Gasteiger charge is 2.42. The molecule has 0 spiro atoms. The fourth-order valence-electron chi connectivity index (χ4n) is 3.63. The summed E-state index contributed by atoms with van der Waals surface area (Å²) in [5, 5.41) is 8.22. The Morgan fingerprint density at radius 1 is 1.14 bits per heavy atom. The maximum absolute atomic E-state index is 12.8. The van der Waals surface area contributed by atoms with E-state index in [1.165, 1.54) is 0 Å². The van der Waals surface area contributed by atoms with E-state index in [0.717, 1.165) is 16.5 Å². The number of nitrogens with zero attached hydrogens (tertiary/aromatic N) is 1. The van der Waals surface area contributed by atoms with Crippen LogP contribution < -0.4 is 20.7 Å². The summed E-state index contributed by atoms with van der Waals surface area (Å²) in [6.07, 6.45) is 1.21. The lowest BCUT2D eigenvalue weighted by Crippen LogP contribution is -2.54. The van der Waals surface area contributed by atoms with E-state index in [1.807, 2.05) is 6.92 Å². The molecule has 3 N–H and O–H groups in total. The van der Waals surface area contributed by atoms with Crippen LogP contribution in [0.4, 0.5) is 11.4 Å². The van der Waals surface area contributed by atoms with Crippen LogP contribution in [0.3, 0.4) is 0 Å². The predicted octanol–water partition coefficient (Wildman–Crippen LogP) is 2.14. The van der Waals surface area contributed by atoms with Gasteiger partial charge in [-0.05, 0) is 43.2 Å². The van der Waals surface area contributed by atoms with Gasteiger partial charge in [0.1, 0.15) is 17.5 Å². The zero-order chi connectivity index (χ0) is 25.1. The predicted molar refractivity (Wildman–Crippen MR) is 126 cm³/mol. The van der Waals surface area contributed by atoms with E-state index in [0.29, 0.717) is 22.1 Å². The second kappa shape index (κ2) is 9.98. The van der Waals surface area contributed by atoms with Gasteiger partial charge in [0.25, 0.3) is 17.7 Å². The number of rotatable bonds is 7. The van der Waals surface area contributed by atoms with Gasteiger partial charge in [0, 0.05) is 35.0 Å². The number of amides is 5. The summed E-state index contributed by atoms with van der Waals surface area (Å²) in [5.41, 5.74) is 1.85. The Bertz CT molecular complexity index is 1270. The van der Waals surface area contributed by atoms with E-state index >= 15 is 0 Å². The lowest BCUT2D eigenvalue weighted by Gasteiger charge is -2.28. The summed E-state index contributed by atoms with van der Waals surface area (Å²) in [6.45, 7) is 1.59. The van der Waals surface area contributed by atoms with E-state index in [2.05, 4.69) is 16.0 Å². The van der Waals surface area contributed by atoms with E-state index in [9.17, 15) is 24.0 Å². The quantitative estimate of drug-likeness (QED) is 0.500. The van der Waals surface area contributed by atoms with E-state index in [4.69, 9.17) is 16.3 Å². The second-order valence-corrected chi connectivity index (χ2v) is 8.40. The van der Waals surface area contributed by atoms with Gasteiger partial charge in [-0.1, -0.05) is 23.7 Å². The Morgan fingerprint density at radius 2 is 1.94 bits per heavy atom. The van der Waals surface area contributed by atoms with Crippen LogP contribution in [0.15, 0.2) is 54.2 Å². The van der Waals surface area contributed by atoms with Crippen molar-refractivity contribution in [2.75, 3.05) is 17.2 Å². The number of imide groups is 2. The lowest BCUT2D eigenvalue weighted by atomic mass is 10.0. The monoisotopic (exact) mass is 496 g/mol. The highest BCUT2D eigenvalue weighted by atomic mass is 35.5. The maximum atomic E-state index is 12.8. The standard InChI is InChI=1S/C24H21ClN4O6/c1-13-5-6-15(10-17(13)25)27-21(31)12-35-16-4-2-3-14(9-16)26-18-11-22(32)29(24(18)34)19-7-8-20(30)28-23(19)33/h2-6,9-11,19,26H,7-8,12H2,1H3,(H,27,31)(H,28,30,33). The topological polar surface area (TPSA) is 134 Å². The normalized spacial score (nSPS) is 17.7. The number of halogens is 1. The molecule has 4 rings (SSSR count). The molecule has 5 amide bonds. The number of carbonyl (C=O) groups is 5. The van der Waals surface area contributed by atoms with E-state index in [-0.39, 0.29) is 31.1 Å². The van der Waals surface area contributed by atoms with Crippen LogP contribution in [0.5, 0.6) is 5.75 Å². The Balaban J connectivity index is 1.35. The van der Waals surface area contributed by atoms with Crippen LogP contribution in [0.2, 0.25) is 5.02 Å². The third-order valence-electron chi connectivity index (χ3n) is 5.41. The van der Waals surface area contributed by atoms with Crippen LogP contribution in [0.25, 0.3) is 0 Å². The molecule has 2 aromatic carbocycles. The fourth-order valence-corrected chi connectivity index (χ4v) is 3.81. The molecule has 0 radical (unpaired) electrons. The molecule has 11 heteroatoms. The van der Waals surface area contributed by atoms with Crippen molar-refractivity contribution >= 4 is 52.5 Å². The molecule has 0 saturated carbocycles. The minimum Gasteiger partial charge on any atom is -0.484 e. The van der Waals surface area contributed by atoms with Gasteiger partial charge in [0.15, 0.2) is 6.61 Å². The number of ether oxygens (including phenoxy) is 1. The molecule has 35 heavy (non-hydrogen) atoms. The molecule has 1 unspecified atom stereocenters. The van der Waals surface area contributed by atoms with Crippen LogP contribution in [0.1, 0.15) is 18.4 Å². The molecule has 0 aromatic heterocycles. The number of hydrogen-bond acceptors (Lipinski definition) is 7. The molecule has 0 bridgehead atoms. The average Bonchev–Trinajstić information content (AvgIpc) is 3.08. The van der Waals surface area contributed by atoms with Crippen molar-refractivity contribution in [3.63, 3.8) is 0 Å². The van der Waals surface area contributed by atoms with Gasteiger partial charge in [0.2, 0.25) is 11.8 Å². The molecule has 1 saturated heterocycles. The van der Waals surface area contributed by atoms with Crippen LogP contribution in [-0.4, -0.2) is 47.1 Å². The first-order chi connectivity index (χ1) is 16.7. The number of benzene rings is 2. The van der Waals surface area contributed by atoms with Crippen molar-refractivity contribution in [1.29, 1.82) is 0 Å². The minimum absolute atomic E-state index is 0.0224. The van der Waals surface area contributed by atoms with Gasteiger partial charge in [0.05, 0.1) is 0 Å². The first-order valence-corrected chi connectivity index (χ1v) is 11.1. The number of hydrogen-bond donors (Lipinski definition) is 3. The molecule has 10 nitrogen and oxygen atoms in total. The van der Waals surface area contributed by atoms with Gasteiger partial charge in [-0.3, -0.25) is 34.2 Å². The van der Waals surface area contributed by atoms with Crippen molar-refractivity contribution in [3.8, 4) is 5.75 Å². The zero-order valence-corrected chi connectivity index (χ0v) is 19.3. The molecule has 2 aliphatic heterocycles. The smallest absolute Gasteiger partial charge is 0.278 e. The summed E-state index contributed by atoms with van der Waals surface area (Å²) in [5.74, 6) is -2.47. The van der Waals surface area contributed by atoms with Crippen molar-refractivity contribution in [3.05, 3.63) is 64.8 Å². The first kappa shape index (κ1) is 24.0. The third-order valence-corrected chi connectivity index (χ3v) is 5.82. The Kier molecular flexibility index (Phi) is 6.83. The lowest BCUT2D eigenvalue weighted by molar-refractivity contribution is -0.149. The van der Waals surface area contributed by atoms with Crippen LogP contribution >= 0.6 is 11.6 Å². The van der Waals surface area contributed by atoms with Crippen molar-refractivity contribution in [1.82, 2.24) is 10.2 Å². The molecule has 2 aliphatic rings. The second-order valence-electron chi connectivity index (χ2n) is 7.99. The van der Waals surface area contributed by atoms with Gasteiger partial charge in [-0.15, -0.1) is 0 Å². The fraction of sp³-hybridized carbons (Fsp3) is 0.208. The molecule has 1 fully saturated rings.